The molecule has 0 aliphatic heterocycles. The molecule has 0 bridgehead atoms. The highest BCUT2D eigenvalue weighted by Gasteiger charge is 2.32. The normalized spacial score (nSPS) is 18.9. The average molecular weight is 234 g/mol. The Morgan fingerprint density at radius 3 is 2.53 bits per heavy atom. The van der Waals surface area contributed by atoms with Crippen LogP contribution in [0, 0.1) is 0 Å². The molecular weight excluding hydrogens is 215 g/mol. The van der Waals surface area contributed by atoms with Crippen molar-refractivity contribution in [1.82, 2.24) is 0 Å². The molecule has 1 saturated carbocycles. The van der Waals surface area contributed by atoms with E-state index in [-0.39, 0.29) is 5.78 Å². The molecule has 0 heterocycles. The summed E-state index contributed by atoms with van der Waals surface area (Å²) in [5.74, 6) is 0.0278. The number of halogens is 1. The first-order valence-electron chi connectivity index (χ1n) is 6.38. The zero-order chi connectivity index (χ0) is 12.3. The fourth-order valence-corrected chi connectivity index (χ4v) is 2.72. The zero-order valence-electron chi connectivity index (χ0n) is 10.3. The van der Waals surface area contributed by atoms with E-state index in [4.69, 9.17) is 0 Å². The largest absolute Gasteiger partial charge is 0.295 e. The first-order valence-corrected chi connectivity index (χ1v) is 6.38. The Balaban J connectivity index is 2.20. The second kappa shape index (κ2) is 4.99. The number of ketones is 1. The molecule has 2 rings (SSSR count). The maximum atomic E-state index is 14.6. The third-order valence-corrected chi connectivity index (χ3v) is 3.65. The fraction of sp³-hybridized carbons (Fsp3) is 0.533. The summed E-state index contributed by atoms with van der Waals surface area (Å²) in [6.45, 7) is 1.55. The molecule has 1 aromatic carbocycles. The lowest BCUT2D eigenvalue weighted by atomic mass is 9.81. The summed E-state index contributed by atoms with van der Waals surface area (Å²) >= 11 is 0. The minimum Gasteiger partial charge on any atom is -0.295 e. The molecule has 0 aromatic heterocycles. The van der Waals surface area contributed by atoms with Gasteiger partial charge in [0.1, 0.15) is 5.67 Å². The third kappa shape index (κ3) is 2.93. The lowest BCUT2D eigenvalue weighted by Gasteiger charge is -2.30. The van der Waals surface area contributed by atoms with Crippen molar-refractivity contribution in [3.63, 3.8) is 0 Å². The van der Waals surface area contributed by atoms with Gasteiger partial charge in [-0.15, -0.1) is 0 Å². The second-order valence-corrected chi connectivity index (χ2v) is 5.10. The predicted octanol–water partition coefficient (Wildman–Crippen LogP) is 4.10. The molecule has 0 saturated heterocycles. The van der Waals surface area contributed by atoms with Crippen LogP contribution in [-0.4, -0.2) is 11.5 Å². The first kappa shape index (κ1) is 12.3. The van der Waals surface area contributed by atoms with E-state index >= 15 is 0 Å². The smallest absolute Gasteiger partial charge is 0.160 e. The van der Waals surface area contributed by atoms with Gasteiger partial charge in [-0.1, -0.05) is 43.5 Å². The number of carbonyl (C=O) groups is 1. The summed E-state index contributed by atoms with van der Waals surface area (Å²) in [5, 5.41) is 0. The molecule has 0 N–H and O–H groups in total. The van der Waals surface area contributed by atoms with Gasteiger partial charge in [-0.25, -0.2) is 4.39 Å². The monoisotopic (exact) mass is 234 g/mol. The number of benzene rings is 1. The predicted molar refractivity (Wildman–Crippen MR) is 67.1 cm³/mol. The van der Waals surface area contributed by atoms with Gasteiger partial charge < -0.3 is 0 Å². The van der Waals surface area contributed by atoms with E-state index in [1.807, 2.05) is 18.2 Å². The zero-order valence-corrected chi connectivity index (χ0v) is 10.3. The van der Waals surface area contributed by atoms with Gasteiger partial charge in [0.05, 0.1) is 0 Å². The van der Waals surface area contributed by atoms with E-state index in [0.717, 1.165) is 24.8 Å². The van der Waals surface area contributed by atoms with Crippen molar-refractivity contribution in [2.24, 2.45) is 0 Å². The maximum absolute atomic E-state index is 14.6. The molecule has 0 unspecified atom stereocenters. The van der Waals surface area contributed by atoms with E-state index < -0.39 is 5.67 Å². The highest BCUT2D eigenvalue weighted by Crippen LogP contribution is 2.35. The SMILES string of the molecule is CC(=O)c1ccccc1CC1(F)CCCCC1. The Morgan fingerprint density at radius 2 is 1.88 bits per heavy atom. The van der Waals surface area contributed by atoms with Crippen molar-refractivity contribution in [2.75, 3.05) is 0 Å². The molecule has 1 aliphatic carbocycles. The summed E-state index contributed by atoms with van der Waals surface area (Å²) in [5.41, 5.74) is 0.448. The van der Waals surface area contributed by atoms with E-state index in [0.29, 0.717) is 24.8 Å². The minimum atomic E-state index is -1.09. The van der Waals surface area contributed by atoms with Gasteiger partial charge in [-0.2, -0.15) is 0 Å². The molecule has 17 heavy (non-hydrogen) atoms. The summed E-state index contributed by atoms with van der Waals surface area (Å²) in [6, 6.07) is 7.40. The maximum Gasteiger partial charge on any atom is 0.160 e. The number of carbonyl (C=O) groups excluding carboxylic acids is 1. The summed E-state index contributed by atoms with van der Waals surface area (Å²) in [4.78, 5) is 11.5. The standard InChI is InChI=1S/C15H19FO/c1-12(17)14-8-4-3-7-13(14)11-15(16)9-5-2-6-10-15/h3-4,7-8H,2,5-6,9-11H2,1H3. The Hall–Kier alpha value is -1.18. The fourth-order valence-electron chi connectivity index (χ4n) is 2.72. The van der Waals surface area contributed by atoms with Crippen LogP contribution < -0.4 is 0 Å². The molecule has 1 aliphatic rings. The van der Waals surface area contributed by atoms with Crippen molar-refractivity contribution < 1.29 is 9.18 Å². The number of hydrogen-bond acceptors (Lipinski definition) is 1. The third-order valence-electron chi connectivity index (χ3n) is 3.65. The van der Waals surface area contributed by atoms with Gasteiger partial charge in [0.15, 0.2) is 5.78 Å². The van der Waals surface area contributed by atoms with Gasteiger partial charge >= 0.3 is 0 Å². The Morgan fingerprint density at radius 1 is 1.24 bits per heavy atom. The summed E-state index contributed by atoms with van der Waals surface area (Å²) < 4.78 is 14.6. The quantitative estimate of drug-likeness (QED) is 0.719. The van der Waals surface area contributed by atoms with Crippen LogP contribution in [0.25, 0.3) is 0 Å². The lowest BCUT2D eigenvalue weighted by molar-refractivity contribution is 0.0998. The van der Waals surface area contributed by atoms with Crippen molar-refractivity contribution in [3.05, 3.63) is 35.4 Å². The Labute approximate surface area is 102 Å². The molecule has 0 amide bonds. The van der Waals surface area contributed by atoms with Crippen LogP contribution in [0.1, 0.15) is 54.9 Å². The second-order valence-electron chi connectivity index (χ2n) is 5.10. The van der Waals surface area contributed by atoms with Gasteiger partial charge in [0.25, 0.3) is 0 Å². The molecule has 1 nitrogen and oxygen atoms in total. The summed E-state index contributed by atoms with van der Waals surface area (Å²) in [7, 11) is 0. The van der Waals surface area contributed by atoms with Crippen LogP contribution in [0.15, 0.2) is 24.3 Å². The summed E-state index contributed by atoms with van der Waals surface area (Å²) in [6.07, 6.45) is 4.75. The van der Waals surface area contributed by atoms with Gasteiger partial charge in [-0.3, -0.25) is 4.79 Å². The van der Waals surface area contributed by atoms with Crippen LogP contribution in [0.2, 0.25) is 0 Å². The molecule has 0 spiro atoms. The Bertz CT molecular complexity index is 405. The van der Waals surface area contributed by atoms with Gasteiger partial charge in [0.2, 0.25) is 0 Å². The van der Waals surface area contributed by atoms with Crippen molar-refractivity contribution in [3.8, 4) is 0 Å². The van der Waals surface area contributed by atoms with E-state index in [9.17, 15) is 9.18 Å². The van der Waals surface area contributed by atoms with Crippen LogP contribution in [0.3, 0.4) is 0 Å². The number of hydrogen-bond donors (Lipinski definition) is 0. The number of rotatable bonds is 3. The highest BCUT2D eigenvalue weighted by molar-refractivity contribution is 5.95. The lowest BCUT2D eigenvalue weighted by Crippen LogP contribution is -2.29. The molecule has 1 fully saturated rings. The van der Waals surface area contributed by atoms with E-state index in [1.54, 1.807) is 13.0 Å². The van der Waals surface area contributed by atoms with Crippen LogP contribution >= 0.6 is 0 Å². The molecule has 0 atom stereocenters. The van der Waals surface area contributed by atoms with Gasteiger partial charge in [0, 0.05) is 12.0 Å². The topological polar surface area (TPSA) is 17.1 Å². The number of Topliss-reactive ketones (excluding diaryl/α,β-unsaturated/α-hetero) is 1. The van der Waals surface area contributed by atoms with Crippen molar-refractivity contribution in [1.29, 1.82) is 0 Å². The molecule has 0 radical (unpaired) electrons. The molecular formula is C15H19FO. The average Bonchev–Trinajstić information content (AvgIpc) is 2.29. The van der Waals surface area contributed by atoms with E-state index in [1.165, 1.54) is 0 Å². The van der Waals surface area contributed by atoms with Crippen LogP contribution in [-0.2, 0) is 6.42 Å². The molecule has 1 aromatic rings. The minimum absolute atomic E-state index is 0.0278. The highest BCUT2D eigenvalue weighted by atomic mass is 19.1. The molecule has 92 valence electrons. The molecule has 2 heteroatoms. The Kier molecular flexibility index (Phi) is 3.60. The van der Waals surface area contributed by atoms with Crippen LogP contribution in [0.4, 0.5) is 4.39 Å². The van der Waals surface area contributed by atoms with Gasteiger partial charge in [-0.05, 0) is 25.3 Å². The van der Waals surface area contributed by atoms with Crippen LogP contribution in [0.5, 0.6) is 0 Å². The number of alkyl halides is 1. The van der Waals surface area contributed by atoms with Crippen molar-refractivity contribution >= 4 is 5.78 Å². The van der Waals surface area contributed by atoms with E-state index in [2.05, 4.69) is 0 Å². The first-order chi connectivity index (χ1) is 8.11. The van der Waals surface area contributed by atoms with Crippen molar-refractivity contribution in [2.45, 2.75) is 51.1 Å².